The molecule has 0 radical (unpaired) electrons. The first-order chi connectivity index (χ1) is 9.60. The lowest BCUT2D eigenvalue weighted by Crippen LogP contribution is -2.02. The lowest BCUT2D eigenvalue weighted by Gasteiger charge is -2.12. The monoisotopic (exact) mass is 340 g/mol. The minimum Gasteiger partial charge on any atom is -0.485 e. The summed E-state index contributed by atoms with van der Waals surface area (Å²) in [5.74, 6) is 1.73. The number of rotatable bonds is 6. The number of hydrogen-bond donors (Lipinski definition) is 1. The maximum atomic E-state index is 9.72. The smallest absolute Gasteiger partial charge is 0.226 e. The first kappa shape index (κ1) is 15.0. The average molecular weight is 341 g/mol. The third-order valence-corrected chi connectivity index (χ3v) is 3.25. The summed E-state index contributed by atoms with van der Waals surface area (Å²) >= 11 is 3.38. The van der Waals surface area contributed by atoms with Gasteiger partial charge in [-0.1, -0.05) is 34.1 Å². The van der Waals surface area contributed by atoms with Gasteiger partial charge in [0.05, 0.1) is 6.10 Å². The Hall–Kier alpha value is -1.40. The maximum Gasteiger partial charge on any atom is 0.226 e. The van der Waals surface area contributed by atoms with Crippen molar-refractivity contribution in [3.8, 4) is 5.75 Å². The standard InChI is InChI=1S/C14H17BrN2O3/c1-3-4-14-16-13(17-20-14)8-19-12-7-10(15)5-6-11(12)9(2)18/h5-7,9,18H,3-4,8H2,1-2H3/t9-/m0/s1. The molecule has 1 heterocycles. The summed E-state index contributed by atoms with van der Waals surface area (Å²) in [6.45, 7) is 3.96. The minimum atomic E-state index is -0.598. The minimum absolute atomic E-state index is 0.212. The van der Waals surface area contributed by atoms with E-state index in [1.807, 2.05) is 18.2 Å². The molecule has 6 heteroatoms. The third-order valence-electron chi connectivity index (χ3n) is 2.76. The van der Waals surface area contributed by atoms with Crippen LogP contribution >= 0.6 is 15.9 Å². The fraction of sp³-hybridized carbons (Fsp3) is 0.429. The SMILES string of the molecule is CCCc1nc(COc2cc(Br)ccc2[C@H](C)O)no1. The molecule has 1 atom stereocenters. The molecule has 0 aliphatic heterocycles. The highest BCUT2D eigenvalue weighted by molar-refractivity contribution is 9.10. The number of aliphatic hydroxyl groups is 1. The summed E-state index contributed by atoms with van der Waals surface area (Å²) in [5.41, 5.74) is 0.727. The number of hydrogen-bond acceptors (Lipinski definition) is 5. The van der Waals surface area contributed by atoms with Crippen molar-refractivity contribution in [2.24, 2.45) is 0 Å². The molecule has 0 fully saturated rings. The van der Waals surface area contributed by atoms with Crippen molar-refractivity contribution in [3.05, 3.63) is 40.0 Å². The summed E-state index contributed by atoms with van der Waals surface area (Å²) in [7, 11) is 0. The Morgan fingerprint density at radius 3 is 2.95 bits per heavy atom. The highest BCUT2D eigenvalue weighted by Crippen LogP contribution is 2.29. The van der Waals surface area contributed by atoms with Gasteiger partial charge in [-0.2, -0.15) is 4.98 Å². The Bertz CT molecular complexity index is 569. The molecule has 0 amide bonds. The molecule has 0 saturated carbocycles. The number of benzene rings is 1. The van der Waals surface area contributed by atoms with Crippen molar-refractivity contribution in [2.45, 2.75) is 39.4 Å². The van der Waals surface area contributed by atoms with Gasteiger partial charge < -0.3 is 14.4 Å². The van der Waals surface area contributed by atoms with Gasteiger partial charge in [-0.3, -0.25) is 0 Å². The van der Waals surface area contributed by atoms with E-state index in [1.165, 1.54) is 0 Å². The predicted molar refractivity (Wildman–Crippen MR) is 77.4 cm³/mol. The molecular weight excluding hydrogens is 324 g/mol. The number of aryl methyl sites for hydroxylation is 1. The number of aliphatic hydroxyl groups excluding tert-OH is 1. The average Bonchev–Trinajstić information content (AvgIpc) is 2.84. The van der Waals surface area contributed by atoms with Crippen molar-refractivity contribution >= 4 is 15.9 Å². The van der Waals surface area contributed by atoms with Crippen LogP contribution in [0.25, 0.3) is 0 Å². The van der Waals surface area contributed by atoms with Crippen LogP contribution in [0.5, 0.6) is 5.75 Å². The molecule has 1 aromatic carbocycles. The van der Waals surface area contributed by atoms with Gasteiger partial charge in [-0.25, -0.2) is 0 Å². The molecule has 0 aliphatic rings. The van der Waals surface area contributed by atoms with Gasteiger partial charge in [0.1, 0.15) is 5.75 Å². The van der Waals surface area contributed by atoms with Gasteiger partial charge in [-0.15, -0.1) is 0 Å². The van der Waals surface area contributed by atoms with Crippen molar-refractivity contribution in [1.29, 1.82) is 0 Å². The van der Waals surface area contributed by atoms with Crippen LogP contribution < -0.4 is 4.74 Å². The summed E-state index contributed by atoms with van der Waals surface area (Å²) in [6.07, 6.45) is 1.13. The molecule has 108 valence electrons. The molecule has 0 unspecified atom stereocenters. The van der Waals surface area contributed by atoms with Gasteiger partial charge >= 0.3 is 0 Å². The second-order valence-corrected chi connectivity index (χ2v) is 5.42. The van der Waals surface area contributed by atoms with Crippen LogP contribution in [0.15, 0.2) is 27.2 Å². The fourth-order valence-electron chi connectivity index (χ4n) is 1.78. The lowest BCUT2D eigenvalue weighted by atomic mass is 10.1. The normalized spacial score (nSPS) is 12.4. The van der Waals surface area contributed by atoms with Gasteiger partial charge in [0.25, 0.3) is 0 Å². The largest absolute Gasteiger partial charge is 0.485 e. The Balaban J connectivity index is 2.07. The van der Waals surface area contributed by atoms with Gasteiger partial charge in [0.15, 0.2) is 6.61 Å². The van der Waals surface area contributed by atoms with E-state index in [0.29, 0.717) is 17.5 Å². The lowest BCUT2D eigenvalue weighted by molar-refractivity contribution is 0.189. The van der Waals surface area contributed by atoms with Crippen LogP contribution in [-0.2, 0) is 13.0 Å². The zero-order valence-electron chi connectivity index (χ0n) is 11.5. The van der Waals surface area contributed by atoms with Crippen LogP contribution in [0.4, 0.5) is 0 Å². The first-order valence-corrected chi connectivity index (χ1v) is 7.31. The Morgan fingerprint density at radius 1 is 1.45 bits per heavy atom. The molecule has 20 heavy (non-hydrogen) atoms. The van der Waals surface area contributed by atoms with E-state index in [9.17, 15) is 5.11 Å². The highest BCUT2D eigenvalue weighted by Gasteiger charge is 2.12. The molecule has 0 saturated heterocycles. The summed E-state index contributed by atoms with van der Waals surface area (Å²) in [6, 6.07) is 5.50. The van der Waals surface area contributed by atoms with Crippen molar-refractivity contribution in [3.63, 3.8) is 0 Å². The quantitative estimate of drug-likeness (QED) is 0.872. The molecule has 0 spiro atoms. The van der Waals surface area contributed by atoms with Crippen LogP contribution in [0.3, 0.4) is 0 Å². The molecule has 0 bridgehead atoms. The zero-order valence-corrected chi connectivity index (χ0v) is 13.1. The van der Waals surface area contributed by atoms with Crippen molar-refractivity contribution in [1.82, 2.24) is 10.1 Å². The van der Waals surface area contributed by atoms with Crippen LogP contribution in [0.2, 0.25) is 0 Å². The first-order valence-electron chi connectivity index (χ1n) is 6.52. The van der Waals surface area contributed by atoms with E-state index >= 15 is 0 Å². The highest BCUT2D eigenvalue weighted by atomic mass is 79.9. The van der Waals surface area contributed by atoms with E-state index in [4.69, 9.17) is 9.26 Å². The van der Waals surface area contributed by atoms with E-state index in [2.05, 4.69) is 33.0 Å². The van der Waals surface area contributed by atoms with Gasteiger partial charge in [-0.05, 0) is 25.5 Å². The summed E-state index contributed by atoms with van der Waals surface area (Å²) in [4.78, 5) is 4.24. The molecule has 1 N–H and O–H groups in total. The molecule has 0 aliphatic carbocycles. The van der Waals surface area contributed by atoms with E-state index in [0.717, 1.165) is 22.9 Å². The maximum absolute atomic E-state index is 9.72. The van der Waals surface area contributed by atoms with Crippen LogP contribution in [0.1, 0.15) is 43.7 Å². The molecule has 5 nitrogen and oxygen atoms in total. The Labute approximate surface area is 126 Å². The number of ether oxygens (including phenoxy) is 1. The van der Waals surface area contributed by atoms with Crippen LogP contribution in [-0.4, -0.2) is 15.2 Å². The fourth-order valence-corrected chi connectivity index (χ4v) is 2.12. The zero-order chi connectivity index (χ0) is 14.5. The molecule has 2 aromatic rings. The number of aromatic nitrogens is 2. The van der Waals surface area contributed by atoms with Gasteiger partial charge in [0, 0.05) is 16.5 Å². The summed E-state index contributed by atoms with van der Waals surface area (Å²) in [5, 5.41) is 13.6. The number of nitrogens with zero attached hydrogens (tertiary/aromatic N) is 2. The second-order valence-electron chi connectivity index (χ2n) is 4.50. The molecule has 1 aromatic heterocycles. The topological polar surface area (TPSA) is 68.4 Å². The number of halogens is 1. The van der Waals surface area contributed by atoms with E-state index in [-0.39, 0.29) is 6.61 Å². The van der Waals surface area contributed by atoms with Crippen molar-refractivity contribution < 1.29 is 14.4 Å². The predicted octanol–water partition coefficient (Wildman–Crippen LogP) is 3.42. The summed E-state index contributed by atoms with van der Waals surface area (Å²) < 4.78 is 11.7. The van der Waals surface area contributed by atoms with Crippen molar-refractivity contribution in [2.75, 3.05) is 0 Å². The van der Waals surface area contributed by atoms with E-state index in [1.54, 1.807) is 6.92 Å². The third kappa shape index (κ3) is 3.80. The molecule has 2 rings (SSSR count). The second kappa shape index (κ2) is 6.85. The molecular formula is C14H17BrN2O3. The Morgan fingerprint density at radius 2 is 2.25 bits per heavy atom. The van der Waals surface area contributed by atoms with Gasteiger partial charge in [0.2, 0.25) is 11.7 Å². The van der Waals surface area contributed by atoms with E-state index < -0.39 is 6.10 Å². The Kier molecular flexibility index (Phi) is 5.14. The van der Waals surface area contributed by atoms with Crippen LogP contribution in [0, 0.1) is 0 Å².